The first-order valence-corrected chi connectivity index (χ1v) is 7.07. The van der Waals surface area contributed by atoms with Gasteiger partial charge in [-0.3, -0.25) is 0 Å². The number of hydrogen-bond donors (Lipinski definition) is 1. The van der Waals surface area contributed by atoms with Crippen LogP contribution in [0.4, 0.5) is 8.78 Å². The SMILES string of the molecule is COCCNCc1cnc(-c2ccc(F)c(F)c2Br)nc1. The van der Waals surface area contributed by atoms with Gasteiger partial charge in [-0.25, -0.2) is 18.7 Å². The molecule has 2 rings (SSSR count). The highest BCUT2D eigenvalue weighted by molar-refractivity contribution is 9.10. The van der Waals surface area contributed by atoms with Crippen molar-refractivity contribution in [1.29, 1.82) is 0 Å². The van der Waals surface area contributed by atoms with Gasteiger partial charge < -0.3 is 10.1 Å². The highest BCUT2D eigenvalue weighted by atomic mass is 79.9. The van der Waals surface area contributed by atoms with Crippen LogP contribution in [0.3, 0.4) is 0 Å². The molecule has 1 heterocycles. The zero-order valence-corrected chi connectivity index (χ0v) is 13.0. The smallest absolute Gasteiger partial charge is 0.173 e. The molecule has 0 amide bonds. The summed E-state index contributed by atoms with van der Waals surface area (Å²) in [4.78, 5) is 8.36. The van der Waals surface area contributed by atoms with Gasteiger partial charge in [-0.15, -0.1) is 0 Å². The van der Waals surface area contributed by atoms with Crippen LogP contribution in [0.1, 0.15) is 5.56 Å². The Bertz CT molecular complexity index is 608. The summed E-state index contributed by atoms with van der Waals surface area (Å²) >= 11 is 3.02. The van der Waals surface area contributed by atoms with Crippen LogP contribution in [0.15, 0.2) is 29.0 Å². The minimum atomic E-state index is -0.943. The van der Waals surface area contributed by atoms with Crippen molar-refractivity contribution >= 4 is 15.9 Å². The molecule has 0 spiro atoms. The average molecular weight is 358 g/mol. The zero-order valence-electron chi connectivity index (χ0n) is 11.4. The predicted octanol–water partition coefficient (Wildman–Crippen LogP) is 2.92. The molecule has 4 nitrogen and oxygen atoms in total. The van der Waals surface area contributed by atoms with Gasteiger partial charge in [0.15, 0.2) is 17.5 Å². The van der Waals surface area contributed by atoms with Crippen molar-refractivity contribution in [3.63, 3.8) is 0 Å². The summed E-state index contributed by atoms with van der Waals surface area (Å²) in [5.41, 5.74) is 1.31. The summed E-state index contributed by atoms with van der Waals surface area (Å²) in [5, 5.41) is 3.17. The molecular formula is C14H14BrF2N3O. The Hall–Kier alpha value is -1.44. The molecule has 2 aromatic rings. The molecule has 0 radical (unpaired) electrons. The molecule has 1 aromatic carbocycles. The molecule has 1 N–H and O–H groups in total. The van der Waals surface area contributed by atoms with E-state index in [0.29, 0.717) is 24.5 Å². The zero-order chi connectivity index (χ0) is 15.2. The molecule has 0 atom stereocenters. The quantitative estimate of drug-likeness (QED) is 0.637. The van der Waals surface area contributed by atoms with Crippen molar-refractivity contribution in [2.24, 2.45) is 0 Å². The number of hydrogen-bond acceptors (Lipinski definition) is 4. The number of benzene rings is 1. The van der Waals surface area contributed by atoms with Crippen LogP contribution in [-0.4, -0.2) is 30.2 Å². The standard InChI is InChI=1S/C14H14BrF2N3O/c1-21-5-4-18-6-9-7-19-14(20-8-9)10-2-3-11(16)13(17)12(10)15/h2-3,7-8,18H,4-6H2,1H3. The van der Waals surface area contributed by atoms with Gasteiger partial charge in [-0.2, -0.15) is 0 Å². The lowest BCUT2D eigenvalue weighted by Gasteiger charge is -2.07. The van der Waals surface area contributed by atoms with Gasteiger partial charge in [0.05, 0.1) is 11.1 Å². The number of nitrogens with zero attached hydrogens (tertiary/aromatic N) is 2. The minimum absolute atomic E-state index is 0.0217. The molecule has 0 saturated heterocycles. The Labute approximate surface area is 129 Å². The van der Waals surface area contributed by atoms with Crippen LogP contribution in [0.2, 0.25) is 0 Å². The van der Waals surface area contributed by atoms with Gasteiger partial charge >= 0.3 is 0 Å². The van der Waals surface area contributed by atoms with Gasteiger partial charge in [0.1, 0.15) is 0 Å². The van der Waals surface area contributed by atoms with Crippen molar-refractivity contribution < 1.29 is 13.5 Å². The maximum Gasteiger partial charge on any atom is 0.173 e. The number of ether oxygens (including phenoxy) is 1. The fourth-order valence-electron chi connectivity index (χ4n) is 1.69. The Morgan fingerprint density at radius 2 is 1.95 bits per heavy atom. The number of halogens is 3. The molecule has 0 unspecified atom stereocenters. The lowest BCUT2D eigenvalue weighted by Crippen LogP contribution is -2.18. The number of nitrogens with one attached hydrogen (secondary N) is 1. The van der Waals surface area contributed by atoms with Crippen LogP contribution in [-0.2, 0) is 11.3 Å². The summed E-state index contributed by atoms with van der Waals surface area (Å²) in [6, 6.07) is 2.49. The average Bonchev–Trinajstić information content (AvgIpc) is 2.50. The van der Waals surface area contributed by atoms with E-state index in [2.05, 4.69) is 31.2 Å². The third-order valence-electron chi connectivity index (χ3n) is 2.79. The maximum absolute atomic E-state index is 13.5. The first kappa shape index (κ1) is 15.9. The fourth-order valence-corrected chi connectivity index (χ4v) is 2.19. The van der Waals surface area contributed by atoms with Crippen LogP contribution in [0.5, 0.6) is 0 Å². The summed E-state index contributed by atoms with van der Waals surface area (Å²) in [6.07, 6.45) is 3.30. The third kappa shape index (κ3) is 4.03. The summed E-state index contributed by atoms with van der Waals surface area (Å²) in [6.45, 7) is 1.97. The van der Waals surface area contributed by atoms with Crippen LogP contribution < -0.4 is 5.32 Å². The molecule has 1 aromatic heterocycles. The van der Waals surface area contributed by atoms with Crippen molar-refractivity contribution in [2.75, 3.05) is 20.3 Å². The van der Waals surface area contributed by atoms with E-state index in [4.69, 9.17) is 4.74 Å². The molecule has 0 fully saturated rings. The third-order valence-corrected chi connectivity index (χ3v) is 3.57. The molecule has 0 aliphatic heterocycles. The highest BCUT2D eigenvalue weighted by Gasteiger charge is 2.14. The van der Waals surface area contributed by atoms with Crippen LogP contribution in [0, 0.1) is 11.6 Å². The Morgan fingerprint density at radius 3 is 2.62 bits per heavy atom. The summed E-state index contributed by atoms with van der Waals surface area (Å²) in [5.74, 6) is -1.52. The van der Waals surface area contributed by atoms with E-state index < -0.39 is 11.6 Å². The monoisotopic (exact) mass is 357 g/mol. The predicted molar refractivity (Wildman–Crippen MR) is 78.7 cm³/mol. The lowest BCUT2D eigenvalue weighted by atomic mass is 10.2. The Kier molecular flexibility index (Phi) is 5.72. The van der Waals surface area contributed by atoms with E-state index in [9.17, 15) is 8.78 Å². The molecular weight excluding hydrogens is 344 g/mol. The molecule has 0 bridgehead atoms. The maximum atomic E-state index is 13.5. The van der Waals surface area contributed by atoms with E-state index in [1.807, 2.05) is 0 Å². The van der Waals surface area contributed by atoms with Gasteiger partial charge in [-0.1, -0.05) is 0 Å². The number of methoxy groups -OCH3 is 1. The van der Waals surface area contributed by atoms with Gasteiger partial charge in [0, 0.05) is 43.7 Å². The first-order valence-electron chi connectivity index (χ1n) is 6.28. The van der Waals surface area contributed by atoms with Crippen molar-refractivity contribution in [3.05, 3.63) is 46.2 Å². The van der Waals surface area contributed by atoms with Gasteiger partial charge in [0.25, 0.3) is 0 Å². The van der Waals surface area contributed by atoms with E-state index >= 15 is 0 Å². The molecule has 7 heteroatoms. The van der Waals surface area contributed by atoms with E-state index in [1.165, 1.54) is 6.07 Å². The normalized spacial score (nSPS) is 10.9. The second-order valence-electron chi connectivity index (χ2n) is 4.31. The molecule has 0 saturated carbocycles. The summed E-state index contributed by atoms with van der Waals surface area (Å²) in [7, 11) is 1.64. The first-order chi connectivity index (χ1) is 10.1. The fraction of sp³-hybridized carbons (Fsp3) is 0.286. The second kappa shape index (κ2) is 7.53. The second-order valence-corrected chi connectivity index (χ2v) is 5.10. The number of rotatable bonds is 6. The molecule has 112 valence electrons. The molecule has 0 aliphatic rings. The topological polar surface area (TPSA) is 47.0 Å². The van der Waals surface area contributed by atoms with Crippen molar-refractivity contribution in [3.8, 4) is 11.4 Å². The highest BCUT2D eigenvalue weighted by Crippen LogP contribution is 2.29. The largest absolute Gasteiger partial charge is 0.383 e. The van der Waals surface area contributed by atoms with Crippen LogP contribution >= 0.6 is 15.9 Å². The van der Waals surface area contributed by atoms with Gasteiger partial charge in [-0.05, 0) is 28.1 Å². The van der Waals surface area contributed by atoms with Crippen molar-refractivity contribution in [1.82, 2.24) is 15.3 Å². The number of aromatic nitrogens is 2. The Morgan fingerprint density at radius 1 is 1.24 bits per heavy atom. The Balaban J connectivity index is 2.10. The van der Waals surface area contributed by atoms with E-state index in [1.54, 1.807) is 19.5 Å². The molecule has 0 aliphatic carbocycles. The molecule has 21 heavy (non-hydrogen) atoms. The lowest BCUT2D eigenvalue weighted by molar-refractivity contribution is 0.199. The minimum Gasteiger partial charge on any atom is -0.383 e. The van der Waals surface area contributed by atoms with E-state index in [-0.39, 0.29) is 4.47 Å². The van der Waals surface area contributed by atoms with Crippen LogP contribution in [0.25, 0.3) is 11.4 Å². The van der Waals surface area contributed by atoms with Gasteiger partial charge in [0.2, 0.25) is 0 Å². The van der Waals surface area contributed by atoms with Crippen molar-refractivity contribution in [2.45, 2.75) is 6.54 Å². The van der Waals surface area contributed by atoms with E-state index in [0.717, 1.165) is 18.2 Å². The summed E-state index contributed by atoms with van der Waals surface area (Å²) < 4.78 is 31.5.